The monoisotopic (exact) mass is 347 g/mol. The van der Waals surface area contributed by atoms with E-state index in [4.69, 9.17) is 9.31 Å². The average Bonchev–Trinajstić information content (AvgIpc) is 2.91. The molecule has 2 aromatic rings. The van der Waals surface area contributed by atoms with Crippen molar-refractivity contribution in [2.24, 2.45) is 0 Å². The van der Waals surface area contributed by atoms with E-state index in [-0.39, 0.29) is 5.69 Å². The molecule has 0 atom stereocenters. The maximum atomic E-state index is 14.7. The number of hydrogen-bond donors (Lipinski definition) is 0. The molecule has 1 fully saturated rings. The van der Waals surface area contributed by atoms with Gasteiger partial charge in [0.05, 0.1) is 16.9 Å². The van der Waals surface area contributed by atoms with E-state index in [0.29, 0.717) is 23.5 Å². The largest absolute Gasteiger partial charge is 0.497 e. The molecule has 2 heterocycles. The van der Waals surface area contributed by atoms with E-state index in [1.165, 1.54) is 15.3 Å². The van der Waals surface area contributed by atoms with Gasteiger partial charge in [-0.1, -0.05) is 6.07 Å². The first-order valence-electron chi connectivity index (χ1n) is 8.39. The topological polar surface area (TPSA) is 58.3 Å². The number of halogens is 1. The summed E-state index contributed by atoms with van der Waals surface area (Å²) in [6.45, 7) is 11.8. The highest BCUT2D eigenvalue weighted by molar-refractivity contribution is 6.62. The lowest BCUT2D eigenvalue weighted by Crippen LogP contribution is -2.41. The summed E-state index contributed by atoms with van der Waals surface area (Å²) in [6.07, 6.45) is 0. The normalized spacial score (nSPS) is 18.8. The minimum Gasteiger partial charge on any atom is -0.399 e. The summed E-state index contributed by atoms with van der Waals surface area (Å²) in [5.41, 5.74) is -0.698. The first-order chi connectivity index (χ1) is 11.6. The predicted molar refractivity (Wildman–Crippen MR) is 93.9 cm³/mol. The van der Waals surface area contributed by atoms with Crippen molar-refractivity contribution in [1.29, 1.82) is 0 Å². The lowest BCUT2D eigenvalue weighted by molar-refractivity contribution is 0.00578. The molecule has 3 rings (SSSR count). The number of hydrogen-bond acceptors (Lipinski definition) is 4. The molecule has 1 aliphatic rings. The summed E-state index contributed by atoms with van der Waals surface area (Å²) in [6, 6.07) is 4.52. The standard InChI is InChI=1S/C17H23BFN3O3/c1-7-21-11(2)20-22(15(21)23)12-8-9-13(14(19)10-12)18-24-16(3,4)17(5,6)25-18/h8-10H,7H2,1-6H3. The zero-order valence-corrected chi connectivity index (χ0v) is 15.5. The molecule has 0 saturated carbocycles. The summed E-state index contributed by atoms with van der Waals surface area (Å²) in [7, 11) is -0.786. The van der Waals surface area contributed by atoms with Gasteiger partial charge in [-0.2, -0.15) is 9.78 Å². The van der Waals surface area contributed by atoms with Gasteiger partial charge in [0, 0.05) is 12.0 Å². The first kappa shape index (κ1) is 17.9. The fourth-order valence-electron chi connectivity index (χ4n) is 2.84. The SMILES string of the molecule is CCn1c(C)nn(-c2ccc(B3OC(C)(C)C(C)(C)O3)c(F)c2)c1=O. The van der Waals surface area contributed by atoms with Crippen LogP contribution in [0.25, 0.3) is 5.69 Å². The van der Waals surface area contributed by atoms with E-state index in [0.717, 1.165) is 0 Å². The van der Waals surface area contributed by atoms with E-state index in [2.05, 4.69) is 5.10 Å². The highest BCUT2D eigenvalue weighted by Gasteiger charge is 2.52. The third kappa shape index (κ3) is 2.83. The Bertz CT molecular complexity index is 857. The molecule has 1 aliphatic heterocycles. The van der Waals surface area contributed by atoms with E-state index in [1.54, 1.807) is 19.1 Å². The molecule has 0 bridgehead atoms. The molecule has 8 heteroatoms. The molecular weight excluding hydrogens is 324 g/mol. The molecule has 1 saturated heterocycles. The Morgan fingerprint density at radius 2 is 1.80 bits per heavy atom. The van der Waals surface area contributed by atoms with Gasteiger partial charge in [0.15, 0.2) is 0 Å². The van der Waals surface area contributed by atoms with Gasteiger partial charge in [-0.25, -0.2) is 9.18 Å². The van der Waals surface area contributed by atoms with E-state index >= 15 is 0 Å². The van der Waals surface area contributed by atoms with Crippen molar-refractivity contribution >= 4 is 12.6 Å². The van der Waals surface area contributed by atoms with Crippen LogP contribution < -0.4 is 11.2 Å². The fraction of sp³-hybridized carbons (Fsp3) is 0.529. The van der Waals surface area contributed by atoms with E-state index in [1.807, 2.05) is 34.6 Å². The minimum absolute atomic E-state index is 0.289. The van der Waals surface area contributed by atoms with Crippen molar-refractivity contribution in [2.75, 3.05) is 0 Å². The Balaban J connectivity index is 1.97. The van der Waals surface area contributed by atoms with Crippen LogP contribution in [0.2, 0.25) is 0 Å². The Labute approximate surface area is 146 Å². The van der Waals surface area contributed by atoms with Crippen LogP contribution in [-0.4, -0.2) is 32.7 Å². The molecule has 0 aliphatic carbocycles. The zero-order valence-electron chi connectivity index (χ0n) is 15.5. The van der Waals surface area contributed by atoms with Gasteiger partial charge < -0.3 is 9.31 Å². The number of nitrogens with zero attached hydrogens (tertiary/aromatic N) is 3. The predicted octanol–water partition coefficient (Wildman–Crippen LogP) is 1.80. The maximum Gasteiger partial charge on any atom is 0.497 e. The second-order valence-electron chi connectivity index (χ2n) is 7.28. The van der Waals surface area contributed by atoms with Crippen molar-refractivity contribution in [3.63, 3.8) is 0 Å². The summed E-state index contributed by atoms with van der Waals surface area (Å²) in [4.78, 5) is 12.3. The summed E-state index contributed by atoms with van der Waals surface area (Å²) >= 11 is 0. The van der Waals surface area contributed by atoms with Crippen LogP contribution in [0.5, 0.6) is 0 Å². The van der Waals surface area contributed by atoms with Crippen LogP contribution in [0.15, 0.2) is 23.0 Å². The van der Waals surface area contributed by atoms with Gasteiger partial charge >= 0.3 is 12.8 Å². The van der Waals surface area contributed by atoms with Crippen molar-refractivity contribution < 1.29 is 13.7 Å². The van der Waals surface area contributed by atoms with E-state index in [9.17, 15) is 9.18 Å². The highest BCUT2D eigenvalue weighted by Crippen LogP contribution is 2.36. The Hall–Kier alpha value is -1.93. The van der Waals surface area contributed by atoms with Gasteiger partial charge in [0.2, 0.25) is 0 Å². The molecule has 0 radical (unpaired) electrons. The molecule has 0 N–H and O–H groups in total. The Morgan fingerprint density at radius 1 is 1.20 bits per heavy atom. The third-order valence-corrected chi connectivity index (χ3v) is 5.10. The third-order valence-electron chi connectivity index (χ3n) is 5.10. The van der Waals surface area contributed by atoms with Gasteiger partial charge in [0.1, 0.15) is 11.6 Å². The van der Waals surface area contributed by atoms with Crippen LogP contribution in [0.4, 0.5) is 4.39 Å². The second kappa shape index (κ2) is 5.81. The molecule has 134 valence electrons. The zero-order chi connectivity index (χ0) is 18.6. The number of aromatic nitrogens is 3. The van der Waals surface area contributed by atoms with Crippen LogP contribution in [0, 0.1) is 12.7 Å². The minimum atomic E-state index is -0.786. The smallest absolute Gasteiger partial charge is 0.399 e. The van der Waals surface area contributed by atoms with Gasteiger partial charge in [-0.05, 0) is 53.7 Å². The summed E-state index contributed by atoms with van der Waals surface area (Å²) in [5.74, 6) is 0.0922. The Kier molecular flexibility index (Phi) is 4.16. The van der Waals surface area contributed by atoms with Crippen molar-refractivity contribution in [3.05, 3.63) is 40.3 Å². The Morgan fingerprint density at radius 3 is 2.28 bits per heavy atom. The quantitative estimate of drug-likeness (QED) is 0.795. The molecule has 0 spiro atoms. The van der Waals surface area contributed by atoms with Crippen LogP contribution >= 0.6 is 0 Å². The highest BCUT2D eigenvalue weighted by atomic mass is 19.1. The van der Waals surface area contributed by atoms with Crippen LogP contribution in [0.3, 0.4) is 0 Å². The van der Waals surface area contributed by atoms with Gasteiger partial charge in [-0.3, -0.25) is 4.57 Å². The molecule has 25 heavy (non-hydrogen) atoms. The molecule has 0 amide bonds. The van der Waals surface area contributed by atoms with Crippen LogP contribution in [0.1, 0.15) is 40.4 Å². The maximum absolute atomic E-state index is 14.7. The number of rotatable bonds is 3. The molecular formula is C17H23BFN3O3. The summed E-state index contributed by atoms with van der Waals surface area (Å²) in [5, 5.41) is 4.20. The molecule has 6 nitrogen and oxygen atoms in total. The molecule has 0 unspecified atom stereocenters. The lowest BCUT2D eigenvalue weighted by Gasteiger charge is -2.32. The average molecular weight is 347 g/mol. The van der Waals surface area contributed by atoms with Gasteiger partial charge in [-0.15, -0.1) is 0 Å². The number of aryl methyl sites for hydroxylation is 1. The fourth-order valence-corrected chi connectivity index (χ4v) is 2.84. The lowest BCUT2D eigenvalue weighted by atomic mass is 9.78. The van der Waals surface area contributed by atoms with Crippen molar-refractivity contribution in [2.45, 2.75) is 59.3 Å². The molecule has 1 aromatic heterocycles. The van der Waals surface area contributed by atoms with Crippen molar-refractivity contribution in [1.82, 2.24) is 14.3 Å². The van der Waals surface area contributed by atoms with E-state index < -0.39 is 24.1 Å². The summed E-state index contributed by atoms with van der Waals surface area (Å²) < 4.78 is 29.2. The molecule has 1 aromatic carbocycles. The number of benzene rings is 1. The first-order valence-corrected chi connectivity index (χ1v) is 8.39. The van der Waals surface area contributed by atoms with Crippen LogP contribution in [-0.2, 0) is 15.9 Å². The second-order valence-corrected chi connectivity index (χ2v) is 7.28. The van der Waals surface area contributed by atoms with Gasteiger partial charge in [0.25, 0.3) is 0 Å². The van der Waals surface area contributed by atoms with Crippen molar-refractivity contribution in [3.8, 4) is 5.69 Å².